The topological polar surface area (TPSA) is 37.3 Å². The number of alkyl halides is 2. The van der Waals surface area contributed by atoms with Crippen LogP contribution >= 0.6 is 0 Å². The zero-order valence-electron chi connectivity index (χ0n) is 9.39. The van der Waals surface area contributed by atoms with Gasteiger partial charge in [-0.15, -0.1) is 0 Å². The molecule has 0 saturated heterocycles. The fraction of sp³-hybridized carbons (Fsp3) is 0.909. The van der Waals surface area contributed by atoms with Crippen LogP contribution in [0, 0.1) is 17.3 Å². The van der Waals surface area contributed by atoms with Gasteiger partial charge in [0.1, 0.15) is 0 Å². The lowest BCUT2D eigenvalue weighted by Gasteiger charge is -2.41. The van der Waals surface area contributed by atoms with Gasteiger partial charge in [-0.25, -0.2) is 8.78 Å². The fourth-order valence-electron chi connectivity index (χ4n) is 2.43. The van der Waals surface area contributed by atoms with Crippen LogP contribution in [-0.4, -0.2) is 17.0 Å². The highest BCUT2D eigenvalue weighted by atomic mass is 19.3. The number of hydrogen-bond acceptors (Lipinski definition) is 1. The summed E-state index contributed by atoms with van der Waals surface area (Å²) in [7, 11) is 0. The van der Waals surface area contributed by atoms with E-state index >= 15 is 0 Å². The van der Waals surface area contributed by atoms with E-state index in [1.807, 2.05) is 20.8 Å². The van der Waals surface area contributed by atoms with Crippen LogP contribution in [0.25, 0.3) is 0 Å². The van der Waals surface area contributed by atoms with Crippen LogP contribution in [0.5, 0.6) is 0 Å². The van der Waals surface area contributed by atoms with E-state index in [4.69, 9.17) is 5.11 Å². The predicted octanol–water partition coefficient (Wildman–Crippen LogP) is 3.17. The van der Waals surface area contributed by atoms with Crippen molar-refractivity contribution < 1.29 is 18.7 Å². The summed E-state index contributed by atoms with van der Waals surface area (Å²) >= 11 is 0. The zero-order valence-corrected chi connectivity index (χ0v) is 9.39. The predicted molar refractivity (Wildman–Crippen MR) is 52.9 cm³/mol. The van der Waals surface area contributed by atoms with E-state index in [-0.39, 0.29) is 17.8 Å². The number of halogens is 2. The molecule has 2 nitrogen and oxygen atoms in total. The van der Waals surface area contributed by atoms with E-state index in [2.05, 4.69) is 0 Å². The van der Waals surface area contributed by atoms with Gasteiger partial charge in [0, 0.05) is 12.8 Å². The highest BCUT2D eigenvalue weighted by molar-refractivity contribution is 5.70. The zero-order chi connectivity index (χ0) is 11.9. The van der Waals surface area contributed by atoms with E-state index in [1.165, 1.54) is 0 Å². The normalized spacial score (nSPS) is 31.3. The van der Waals surface area contributed by atoms with Gasteiger partial charge in [0.25, 0.3) is 0 Å². The highest BCUT2D eigenvalue weighted by Gasteiger charge is 2.48. The van der Waals surface area contributed by atoms with Crippen molar-refractivity contribution >= 4 is 5.97 Å². The molecule has 1 aliphatic rings. The number of carboxylic acids is 1. The lowest BCUT2D eigenvalue weighted by atomic mass is 9.65. The van der Waals surface area contributed by atoms with Crippen molar-refractivity contribution in [2.45, 2.75) is 46.0 Å². The molecule has 15 heavy (non-hydrogen) atoms. The van der Waals surface area contributed by atoms with Crippen molar-refractivity contribution in [3.63, 3.8) is 0 Å². The lowest BCUT2D eigenvalue weighted by molar-refractivity contribution is -0.157. The van der Waals surface area contributed by atoms with Gasteiger partial charge < -0.3 is 5.11 Å². The number of carbonyl (C=O) groups is 1. The van der Waals surface area contributed by atoms with Gasteiger partial charge in [-0.3, -0.25) is 4.79 Å². The van der Waals surface area contributed by atoms with E-state index in [0.717, 1.165) is 0 Å². The second kappa shape index (κ2) is 3.72. The molecule has 2 unspecified atom stereocenters. The molecule has 0 aliphatic heterocycles. The Hall–Kier alpha value is -0.670. The summed E-state index contributed by atoms with van der Waals surface area (Å²) in [6.07, 6.45) is -0.392. The molecule has 0 aromatic carbocycles. The van der Waals surface area contributed by atoms with Crippen LogP contribution in [0.15, 0.2) is 0 Å². The maximum Gasteiger partial charge on any atom is 0.307 e. The number of aliphatic carboxylic acids is 1. The SMILES string of the molecule is CC(C)(C)C1CCC(F)(F)CC1C(=O)O. The molecule has 1 rings (SSSR count). The lowest BCUT2D eigenvalue weighted by Crippen LogP contribution is -2.42. The molecule has 1 saturated carbocycles. The number of hydrogen-bond donors (Lipinski definition) is 1. The van der Waals surface area contributed by atoms with Gasteiger partial charge in [0.15, 0.2) is 0 Å². The first-order chi connectivity index (χ1) is 6.63. The third-order valence-electron chi connectivity index (χ3n) is 3.25. The van der Waals surface area contributed by atoms with E-state index in [1.54, 1.807) is 0 Å². The quantitative estimate of drug-likeness (QED) is 0.737. The van der Waals surface area contributed by atoms with Gasteiger partial charge in [-0.05, 0) is 17.8 Å². The average molecular weight is 220 g/mol. The molecular weight excluding hydrogens is 202 g/mol. The summed E-state index contributed by atoms with van der Waals surface area (Å²) in [4.78, 5) is 11.0. The molecular formula is C11H18F2O2. The standard InChI is InChI=1S/C11H18F2O2/c1-10(2,3)8-4-5-11(12,13)6-7(8)9(14)15/h7-8H,4-6H2,1-3H3,(H,14,15). The Morgan fingerprint density at radius 2 is 1.93 bits per heavy atom. The smallest absolute Gasteiger partial charge is 0.307 e. The van der Waals surface area contributed by atoms with Gasteiger partial charge in [-0.1, -0.05) is 20.8 Å². The van der Waals surface area contributed by atoms with Crippen LogP contribution in [-0.2, 0) is 4.79 Å². The molecule has 1 N–H and O–H groups in total. The minimum absolute atomic E-state index is 0.158. The summed E-state index contributed by atoms with van der Waals surface area (Å²) in [6.45, 7) is 5.74. The molecule has 0 bridgehead atoms. The fourth-order valence-corrected chi connectivity index (χ4v) is 2.43. The van der Waals surface area contributed by atoms with Gasteiger partial charge in [0.05, 0.1) is 5.92 Å². The third kappa shape index (κ3) is 2.89. The minimum atomic E-state index is -2.80. The molecule has 0 heterocycles. The summed E-state index contributed by atoms with van der Waals surface area (Å²) in [5, 5.41) is 8.97. The monoisotopic (exact) mass is 220 g/mol. The first-order valence-corrected chi connectivity index (χ1v) is 5.24. The van der Waals surface area contributed by atoms with Crippen molar-refractivity contribution in [2.75, 3.05) is 0 Å². The summed E-state index contributed by atoms with van der Waals surface area (Å²) < 4.78 is 26.2. The van der Waals surface area contributed by atoms with Gasteiger partial charge >= 0.3 is 5.97 Å². The third-order valence-corrected chi connectivity index (χ3v) is 3.25. The molecule has 1 aliphatic carbocycles. The first-order valence-electron chi connectivity index (χ1n) is 5.24. The van der Waals surface area contributed by atoms with Crippen LogP contribution in [0.4, 0.5) is 8.78 Å². The van der Waals surface area contributed by atoms with Gasteiger partial charge in [0.2, 0.25) is 5.92 Å². The molecule has 0 radical (unpaired) electrons. The van der Waals surface area contributed by atoms with Crippen molar-refractivity contribution in [3.05, 3.63) is 0 Å². The van der Waals surface area contributed by atoms with E-state index < -0.39 is 24.2 Å². The second-order valence-electron chi connectivity index (χ2n) is 5.52. The van der Waals surface area contributed by atoms with Crippen molar-refractivity contribution in [1.82, 2.24) is 0 Å². The Kier molecular flexibility index (Phi) is 3.08. The van der Waals surface area contributed by atoms with Crippen LogP contribution in [0.3, 0.4) is 0 Å². The Morgan fingerprint density at radius 1 is 1.40 bits per heavy atom. The van der Waals surface area contributed by atoms with Crippen molar-refractivity contribution in [3.8, 4) is 0 Å². The Labute approximate surface area is 88.7 Å². The molecule has 0 aromatic rings. The molecule has 2 atom stereocenters. The second-order valence-corrected chi connectivity index (χ2v) is 5.52. The molecule has 1 fully saturated rings. The molecule has 4 heteroatoms. The molecule has 88 valence electrons. The van der Waals surface area contributed by atoms with Crippen LogP contribution in [0.1, 0.15) is 40.0 Å². The van der Waals surface area contributed by atoms with Crippen molar-refractivity contribution in [1.29, 1.82) is 0 Å². The Bertz CT molecular complexity index is 256. The molecule has 0 aromatic heterocycles. The van der Waals surface area contributed by atoms with Crippen LogP contribution < -0.4 is 0 Å². The molecule has 0 amide bonds. The van der Waals surface area contributed by atoms with E-state index in [0.29, 0.717) is 6.42 Å². The summed E-state index contributed by atoms with van der Waals surface area (Å²) in [5.41, 5.74) is -0.223. The van der Waals surface area contributed by atoms with Gasteiger partial charge in [-0.2, -0.15) is 0 Å². The maximum absolute atomic E-state index is 13.1. The highest BCUT2D eigenvalue weighted by Crippen LogP contribution is 2.47. The Morgan fingerprint density at radius 3 is 2.33 bits per heavy atom. The number of carboxylic acid groups (broad SMARTS) is 1. The Balaban J connectivity index is 2.86. The largest absolute Gasteiger partial charge is 0.481 e. The minimum Gasteiger partial charge on any atom is -0.481 e. The van der Waals surface area contributed by atoms with Crippen molar-refractivity contribution in [2.24, 2.45) is 17.3 Å². The van der Waals surface area contributed by atoms with Crippen LogP contribution in [0.2, 0.25) is 0 Å². The maximum atomic E-state index is 13.1. The van der Waals surface area contributed by atoms with E-state index in [9.17, 15) is 13.6 Å². The molecule has 0 spiro atoms. The summed E-state index contributed by atoms with van der Waals surface area (Å²) in [6, 6.07) is 0. The first kappa shape index (κ1) is 12.4. The average Bonchev–Trinajstić information content (AvgIpc) is 1.99. The summed E-state index contributed by atoms with van der Waals surface area (Å²) in [5.74, 6) is -4.96. The number of rotatable bonds is 1.